The van der Waals surface area contributed by atoms with Gasteiger partial charge in [0.25, 0.3) is 5.91 Å². The van der Waals surface area contributed by atoms with E-state index in [2.05, 4.69) is 16.9 Å². The number of halogens is 1. The largest absolute Gasteiger partial charge is 0.313 e. The Bertz CT molecular complexity index is 994. The maximum absolute atomic E-state index is 13.0. The minimum absolute atomic E-state index is 0.236. The molecule has 28 heavy (non-hydrogen) atoms. The molecule has 0 bridgehead atoms. The Morgan fingerprint density at radius 2 is 1.86 bits per heavy atom. The van der Waals surface area contributed by atoms with Gasteiger partial charge in [-0.3, -0.25) is 14.9 Å². The molecule has 0 fully saturated rings. The van der Waals surface area contributed by atoms with Crippen LogP contribution in [0, 0.1) is 5.82 Å². The number of likely N-dealkylation sites (N-methyl/N-ethyl adjacent to an activating group) is 1. The molecule has 0 spiro atoms. The van der Waals surface area contributed by atoms with Crippen molar-refractivity contribution in [3.8, 4) is 0 Å². The van der Waals surface area contributed by atoms with Crippen LogP contribution >= 0.6 is 0 Å². The first-order valence-corrected chi connectivity index (χ1v) is 8.55. The van der Waals surface area contributed by atoms with Crippen LogP contribution in [0.15, 0.2) is 73.6 Å². The number of imidazole rings is 1. The van der Waals surface area contributed by atoms with E-state index in [0.717, 1.165) is 5.56 Å². The van der Waals surface area contributed by atoms with Crippen molar-refractivity contribution in [1.29, 1.82) is 0 Å². The van der Waals surface area contributed by atoms with Gasteiger partial charge in [0, 0.05) is 30.7 Å². The second-order valence-electron chi connectivity index (χ2n) is 6.11. The summed E-state index contributed by atoms with van der Waals surface area (Å²) in [7, 11) is 1.63. The Kier molecular flexibility index (Phi) is 5.64. The van der Waals surface area contributed by atoms with Gasteiger partial charge in [-0.2, -0.15) is 0 Å². The minimum Gasteiger partial charge on any atom is -0.313 e. The molecule has 1 N–H and O–H groups in total. The summed E-state index contributed by atoms with van der Waals surface area (Å²) < 4.78 is 14.8. The lowest BCUT2D eigenvalue weighted by Gasteiger charge is -2.15. The summed E-state index contributed by atoms with van der Waals surface area (Å²) in [5.41, 5.74) is 1.97. The monoisotopic (exact) mass is 378 g/mol. The first kappa shape index (κ1) is 19.0. The maximum atomic E-state index is 13.0. The van der Waals surface area contributed by atoms with E-state index in [4.69, 9.17) is 0 Å². The Morgan fingerprint density at radius 3 is 2.50 bits per heavy atom. The van der Waals surface area contributed by atoms with Crippen molar-refractivity contribution in [2.24, 2.45) is 0 Å². The molecular formula is C21H19FN4O2. The van der Waals surface area contributed by atoms with Crippen LogP contribution in [0.25, 0.3) is 0 Å². The molecular weight excluding hydrogens is 359 g/mol. The fourth-order valence-corrected chi connectivity index (χ4v) is 2.62. The molecule has 0 aliphatic carbocycles. The zero-order chi connectivity index (χ0) is 20.1. The van der Waals surface area contributed by atoms with Gasteiger partial charge in [-0.1, -0.05) is 18.7 Å². The molecule has 0 unspecified atom stereocenters. The number of carbonyl (C=O) groups excluding carboxylic acids is 2. The number of benzene rings is 2. The molecule has 2 aromatic carbocycles. The van der Waals surface area contributed by atoms with Gasteiger partial charge in [0.1, 0.15) is 5.82 Å². The molecule has 3 rings (SSSR count). The molecule has 0 radical (unpaired) electrons. The summed E-state index contributed by atoms with van der Waals surface area (Å²) in [6.07, 6.45) is 4.54. The van der Waals surface area contributed by atoms with Gasteiger partial charge in [-0.05, 0) is 48.0 Å². The van der Waals surface area contributed by atoms with E-state index >= 15 is 0 Å². The Morgan fingerprint density at radius 1 is 1.18 bits per heavy atom. The molecule has 7 heteroatoms. The fourth-order valence-electron chi connectivity index (χ4n) is 2.62. The number of hydrogen-bond acceptors (Lipinski definition) is 3. The van der Waals surface area contributed by atoms with Crippen LogP contribution in [0.3, 0.4) is 0 Å². The van der Waals surface area contributed by atoms with Gasteiger partial charge in [0.2, 0.25) is 11.9 Å². The van der Waals surface area contributed by atoms with Crippen LogP contribution in [0.5, 0.6) is 0 Å². The number of nitrogens with one attached hydrogen (secondary N) is 1. The number of aromatic nitrogens is 2. The van der Waals surface area contributed by atoms with Gasteiger partial charge in [0.15, 0.2) is 0 Å². The zero-order valence-electron chi connectivity index (χ0n) is 15.3. The van der Waals surface area contributed by atoms with E-state index in [1.165, 1.54) is 23.1 Å². The molecule has 1 aromatic heterocycles. The molecule has 0 atom stereocenters. The second kappa shape index (κ2) is 8.30. The predicted octanol–water partition coefficient (Wildman–Crippen LogP) is 3.47. The van der Waals surface area contributed by atoms with Crippen molar-refractivity contribution in [2.45, 2.75) is 6.54 Å². The topological polar surface area (TPSA) is 67.2 Å². The van der Waals surface area contributed by atoms with E-state index in [9.17, 15) is 14.0 Å². The van der Waals surface area contributed by atoms with E-state index in [1.54, 1.807) is 60.4 Å². The number of rotatable bonds is 6. The molecule has 2 amide bonds. The number of anilines is 2. The standard InChI is InChI=1S/C21H19FN4O2/c1-3-19(27)25(2)18-10-6-16(7-11-18)20(28)24-21-23-12-13-26(21)14-15-4-8-17(22)9-5-15/h3-13H,1,14H2,2H3,(H,23,24,28). The van der Waals surface area contributed by atoms with Crippen LogP contribution < -0.4 is 10.2 Å². The van der Waals surface area contributed by atoms with Crippen LogP contribution in [0.4, 0.5) is 16.0 Å². The van der Waals surface area contributed by atoms with Crippen molar-refractivity contribution in [3.63, 3.8) is 0 Å². The van der Waals surface area contributed by atoms with Gasteiger partial charge in [-0.25, -0.2) is 9.37 Å². The highest BCUT2D eigenvalue weighted by atomic mass is 19.1. The van der Waals surface area contributed by atoms with Crippen molar-refractivity contribution in [2.75, 3.05) is 17.3 Å². The fraction of sp³-hybridized carbons (Fsp3) is 0.0952. The molecule has 0 aliphatic heterocycles. The predicted molar refractivity (Wildman–Crippen MR) is 106 cm³/mol. The van der Waals surface area contributed by atoms with E-state index < -0.39 is 0 Å². The minimum atomic E-state index is -0.323. The highest BCUT2D eigenvalue weighted by Gasteiger charge is 2.12. The third-order valence-corrected chi connectivity index (χ3v) is 4.23. The quantitative estimate of drug-likeness (QED) is 0.668. The van der Waals surface area contributed by atoms with E-state index in [-0.39, 0.29) is 17.6 Å². The highest BCUT2D eigenvalue weighted by molar-refractivity contribution is 6.04. The molecule has 1 heterocycles. The lowest BCUT2D eigenvalue weighted by atomic mass is 10.2. The lowest BCUT2D eigenvalue weighted by molar-refractivity contribution is -0.113. The normalized spacial score (nSPS) is 10.4. The first-order valence-electron chi connectivity index (χ1n) is 8.55. The first-order chi connectivity index (χ1) is 13.5. The van der Waals surface area contributed by atoms with Crippen LogP contribution in [-0.4, -0.2) is 28.4 Å². The smallest absolute Gasteiger partial charge is 0.257 e. The van der Waals surface area contributed by atoms with Gasteiger partial charge >= 0.3 is 0 Å². The molecule has 0 saturated carbocycles. The van der Waals surface area contributed by atoms with E-state index in [0.29, 0.717) is 23.7 Å². The highest BCUT2D eigenvalue weighted by Crippen LogP contribution is 2.16. The van der Waals surface area contributed by atoms with E-state index in [1.807, 2.05) is 0 Å². The molecule has 6 nitrogen and oxygen atoms in total. The third kappa shape index (κ3) is 4.32. The number of nitrogens with zero attached hydrogens (tertiary/aromatic N) is 3. The molecule has 142 valence electrons. The van der Waals surface area contributed by atoms with Crippen LogP contribution in [0.1, 0.15) is 15.9 Å². The molecule has 0 aliphatic rings. The Balaban J connectivity index is 1.70. The number of hydrogen-bond donors (Lipinski definition) is 1. The second-order valence-corrected chi connectivity index (χ2v) is 6.11. The zero-order valence-corrected chi connectivity index (χ0v) is 15.3. The Hall–Kier alpha value is -3.74. The Labute approximate surface area is 161 Å². The summed E-state index contributed by atoms with van der Waals surface area (Å²) in [5, 5.41) is 2.76. The summed E-state index contributed by atoms with van der Waals surface area (Å²) in [5.74, 6) is -0.472. The van der Waals surface area contributed by atoms with Crippen molar-refractivity contribution in [1.82, 2.24) is 9.55 Å². The average molecular weight is 378 g/mol. The van der Waals surface area contributed by atoms with Crippen molar-refractivity contribution in [3.05, 3.63) is 90.5 Å². The number of carbonyl (C=O) groups is 2. The average Bonchev–Trinajstić information content (AvgIpc) is 3.15. The van der Waals surface area contributed by atoms with Crippen LogP contribution in [0.2, 0.25) is 0 Å². The molecule has 3 aromatic rings. The number of amides is 2. The summed E-state index contributed by atoms with van der Waals surface area (Å²) in [6.45, 7) is 3.90. The summed E-state index contributed by atoms with van der Waals surface area (Å²) >= 11 is 0. The maximum Gasteiger partial charge on any atom is 0.257 e. The van der Waals surface area contributed by atoms with Gasteiger partial charge in [0.05, 0.1) is 6.54 Å². The summed E-state index contributed by atoms with van der Waals surface area (Å²) in [6, 6.07) is 12.8. The third-order valence-electron chi connectivity index (χ3n) is 4.23. The van der Waals surface area contributed by atoms with Crippen molar-refractivity contribution < 1.29 is 14.0 Å². The van der Waals surface area contributed by atoms with Gasteiger partial charge in [-0.15, -0.1) is 0 Å². The molecule has 0 saturated heterocycles. The van der Waals surface area contributed by atoms with Crippen molar-refractivity contribution >= 4 is 23.5 Å². The summed E-state index contributed by atoms with van der Waals surface area (Å²) in [4.78, 5) is 29.8. The van der Waals surface area contributed by atoms with Crippen LogP contribution in [-0.2, 0) is 11.3 Å². The van der Waals surface area contributed by atoms with Gasteiger partial charge < -0.3 is 9.47 Å². The SMILES string of the molecule is C=CC(=O)N(C)c1ccc(C(=O)Nc2nccn2Cc2ccc(F)cc2)cc1. The lowest BCUT2D eigenvalue weighted by Crippen LogP contribution is -2.23.